The third kappa shape index (κ3) is 4.28. The van der Waals surface area contributed by atoms with Crippen LogP contribution < -0.4 is 10.5 Å². The van der Waals surface area contributed by atoms with Crippen molar-refractivity contribution in [3.05, 3.63) is 48.0 Å². The van der Waals surface area contributed by atoms with E-state index in [0.29, 0.717) is 42.9 Å². The second-order valence-electron chi connectivity index (χ2n) is 9.25. The van der Waals surface area contributed by atoms with E-state index in [4.69, 9.17) is 15.5 Å². The van der Waals surface area contributed by atoms with Crippen LogP contribution in [0.4, 0.5) is 0 Å². The van der Waals surface area contributed by atoms with Gasteiger partial charge in [-0.05, 0) is 44.0 Å². The molecule has 1 aliphatic rings. The molecule has 8 nitrogen and oxygen atoms in total. The van der Waals surface area contributed by atoms with Crippen LogP contribution in [0.15, 0.2) is 42.5 Å². The number of fused-ring (bicyclic) bond motifs is 2. The van der Waals surface area contributed by atoms with Gasteiger partial charge in [-0.2, -0.15) is 0 Å². The molecule has 5 rings (SSSR count). The van der Waals surface area contributed by atoms with Crippen molar-refractivity contribution in [1.82, 2.24) is 19.0 Å². The first-order valence-corrected chi connectivity index (χ1v) is 12.4. The van der Waals surface area contributed by atoms with Crippen LogP contribution in [0, 0.1) is 0 Å². The summed E-state index contributed by atoms with van der Waals surface area (Å²) in [5.74, 6) is 1.36. The quantitative estimate of drug-likeness (QED) is 0.399. The highest BCUT2D eigenvalue weighted by atomic mass is 16.5. The fraction of sp³-hybridized carbons (Fsp3) is 0.407. The number of aliphatic hydroxyl groups is 1. The Morgan fingerprint density at radius 2 is 2.09 bits per heavy atom. The molecule has 2 aromatic carbocycles. The van der Waals surface area contributed by atoms with E-state index < -0.39 is 0 Å². The van der Waals surface area contributed by atoms with Crippen LogP contribution in [0.3, 0.4) is 0 Å². The Morgan fingerprint density at radius 1 is 1.26 bits per heavy atom. The zero-order chi connectivity index (χ0) is 24.5. The van der Waals surface area contributed by atoms with Gasteiger partial charge in [-0.25, -0.2) is 4.98 Å². The van der Waals surface area contributed by atoms with Gasteiger partial charge in [0.05, 0.1) is 17.8 Å². The maximum Gasteiger partial charge on any atom is 0.254 e. The van der Waals surface area contributed by atoms with Gasteiger partial charge in [0.25, 0.3) is 5.91 Å². The van der Waals surface area contributed by atoms with Crippen molar-refractivity contribution in [3.63, 3.8) is 0 Å². The molecular formula is C27H33N5O3. The first-order valence-electron chi connectivity index (χ1n) is 12.4. The zero-order valence-electron chi connectivity index (χ0n) is 20.4. The summed E-state index contributed by atoms with van der Waals surface area (Å²) >= 11 is 0. The number of aromatic nitrogens is 3. The topological polar surface area (TPSA) is 98.5 Å². The van der Waals surface area contributed by atoms with Gasteiger partial charge >= 0.3 is 0 Å². The number of hydrogen-bond acceptors (Lipinski definition) is 5. The van der Waals surface area contributed by atoms with Crippen LogP contribution in [-0.4, -0.2) is 62.4 Å². The minimum absolute atomic E-state index is 0.00845. The number of imidazole rings is 1. The van der Waals surface area contributed by atoms with Crippen molar-refractivity contribution >= 4 is 27.8 Å². The van der Waals surface area contributed by atoms with Crippen LogP contribution in [0.2, 0.25) is 0 Å². The first-order chi connectivity index (χ1) is 17.0. The SMILES string of the molecule is CCn1c(-c2nc3cc(C(=O)N4CCCC(N)C4)cc(OCCCO)c3n2C)cc2ccccc21. The van der Waals surface area contributed by atoms with E-state index in [-0.39, 0.29) is 18.6 Å². The largest absolute Gasteiger partial charge is 0.491 e. The summed E-state index contributed by atoms with van der Waals surface area (Å²) in [4.78, 5) is 20.2. The Hall–Kier alpha value is -3.36. The number of nitrogens with zero attached hydrogens (tertiary/aromatic N) is 4. The number of likely N-dealkylation sites (tertiary alicyclic amines) is 1. The number of para-hydroxylation sites is 1. The van der Waals surface area contributed by atoms with Crippen LogP contribution >= 0.6 is 0 Å². The summed E-state index contributed by atoms with van der Waals surface area (Å²) in [5.41, 5.74) is 10.4. The Kier molecular flexibility index (Phi) is 6.49. The molecule has 0 bridgehead atoms. The van der Waals surface area contributed by atoms with E-state index in [2.05, 4.69) is 29.7 Å². The maximum absolute atomic E-state index is 13.4. The summed E-state index contributed by atoms with van der Waals surface area (Å²) < 4.78 is 10.4. The molecule has 3 heterocycles. The van der Waals surface area contributed by atoms with E-state index in [1.807, 2.05) is 40.8 Å². The number of benzene rings is 2. The van der Waals surface area contributed by atoms with Crippen molar-refractivity contribution < 1.29 is 14.6 Å². The van der Waals surface area contributed by atoms with Crippen LogP contribution in [0.1, 0.15) is 36.5 Å². The van der Waals surface area contributed by atoms with E-state index in [1.165, 1.54) is 0 Å². The standard InChI is InChI=1S/C27H33N5O3/c1-3-32-22-10-5-4-8-18(22)15-23(32)26-29-21-14-19(27(34)31-11-6-9-20(28)17-31)16-24(25(21)30(26)2)35-13-7-12-33/h4-5,8,10,14-16,20,33H,3,6-7,9,11-13,17,28H2,1-2H3. The minimum Gasteiger partial charge on any atom is -0.491 e. The average molecular weight is 476 g/mol. The van der Waals surface area contributed by atoms with Gasteiger partial charge in [-0.15, -0.1) is 0 Å². The molecule has 35 heavy (non-hydrogen) atoms. The Balaban J connectivity index is 1.63. The van der Waals surface area contributed by atoms with Crippen LogP contribution in [-0.2, 0) is 13.6 Å². The molecule has 8 heteroatoms. The number of ether oxygens (including phenoxy) is 1. The van der Waals surface area contributed by atoms with Crippen molar-refractivity contribution in [2.45, 2.75) is 38.8 Å². The molecule has 1 atom stereocenters. The number of carbonyl (C=O) groups excluding carboxylic acids is 1. The molecule has 1 saturated heterocycles. The number of aliphatic hydroxyl groups excluding tert-OH is 1. The highest BCUT2D eigenvalue weighted by Gasteiger charge is 2.25. The highest BCUT2D eigenvalue weighted by molar-refractivity contribution is 6.00. The molecule has 0 saturated carbocycles. The smallest absolute Gasteiger partial charge is 0.254 e. The lowest BCUT2D eigenvalue weighted by Crippen LogP contribution is -2.45. The predicted octanol–water partition coefficient (Wildman–Crippen LogP) is 3.54. The zero-order valence-corrected chi connectivity index (χ0v) is 20.4. The normalized spacial score (nSPS) is 16.3. The maximum atomic E-state index is 13.4. The summed E-state index contributed by atoms with van der Waals surface area (Å²) in [6, 6.07) is 14.2. The van der Waals surface area contributed by atoms with Gasteiger partial charge < -0.3 is 29.6 Å². The number of hydrogen-bond donors (Lipinski definition) is 2. The first kappa shape index (κ1) is 23.4. The summed E-state index contributed by atoms with van der Waals surface area (Å²) in [7, 11) is 1.98. The van der Waals surface area contributed by atoms with Gasteiger partial charge in [-0.3, -0.25) is 4.79 Å². The average Bonchev–Trinajstić information content (AvgIpc) is 3.40. The van der Waals surface area contributed by atoms with Crippen LogP contribution in [0.25, 0.3) is 33.5 Å². The number of piperidine rings is 1. The summed E-state index contributed by atoms with van der Waals surface area (Å²) in [6.45, 7) is 4.60. The lowest BCUT2D eigenvalue weighted by atomic mass is 10.0. The summed E-state index contributed by atoms with van der Waals surface area (Å²) in [6.07, 6.45) is 2.35. The van der Waals surface area contributed by atoms with E-state index in [9.17, 15) is 9.90 Å². The molecule has 0 aliphatic carbocycles. The second-order valence-corrected chi connectivity index (χ2v) is 9.25. The van der Waals surface area contributed by atoms with Crippen molar-refractivity contribution in [3.8, 4) is 17.3 Å². The fourth-order valence-electron chi connectivity index (χ4n) is 5.13. The van der Waals surface area contributed by atoms with Crippen molar-refractivity contribution in [1.29, 1.82) is 0 Å². The predicted molar refractivity (Wildman–Crippen MR) is 138 cm³/mol. The molecule has 184 valence electrons. The summed E-state index contributed by atoms with van der Waals surface area (Å²) in [5, 5.41) is 10.4. The lowest BCUT2D eigenvalue weighted by Gasteiger charge is -2.30. The molecule has 0 radical (unpaired) electrons. The molecule has 1 fully saturated rings. The molecular weight excluding hydrogens is 442 g/mol. The molecule has 1 aliphatic heterocycles. The number of carbonyl (C=O) groups is 1. The van der Waals surface area contributed by atoms with Gasteiger partial charge in [0, 0.05) is 62.2 Å². The number of nitrogens with two attached hydrogens (primary N) is 1. The molecule has 0 spiro atoms. The van der Waals surface area contributed by atoms with Crippen molar-refractivity contribution in [2.75, 3.05) is 26.3 Å². The minimum atomic E-state index is -0.0519. The molecule has 3 N–H and O–H groups in total. The Morgan fingerprint density at radius 3 is 2.86 bits per heavy atom. The monoisotopic (exact) mass is 475 g/mol. The number of aryl methyl sites for hydroxylation is 2. The third-order valence-corrected chi connectivity index (χ3v) is 6.84. The van der Waals surface area contributed by atoms with Crippen molar-refractivity contribution in [2.24, 2.45) is 12.8 Å². The van der Waals surface area contributed by atoms with E-state index in [1.54, 1.807) is 0 Å². The van der Waals surface area contributed by atoms with E-state index in [0.717, 1.165) is 47.3 Å². The lowest BCUT2D eigenvalue weighted by molar-refractivity contribution is 0.0708. The van der Waals surface area contributed by atoms with Gasteiger partial charge in [0.2, 0.25) is 0 Å². The van der Waals surface area contributed by atoms with Crippen LogP contribution in [0.5, 0.6) is 5.75 Å². The molecule has 1 unspecified atom stereocenters. The van der Waals surface area contributed by atoms with Gasteiger partial charge in [-0.1, -0.05) is 18.2 Å². The fourth-order valence-corrected chi connectivity index (χ4v) is 5.13. The highest BCUT2D eigenvalue weighted by Crippen LogP contribution is 2.34. The molecule has 4 aromatic rings. The van der Waals surface area contributed by atoms with Gasteiger partial charge in [0.1, 0.15) is 11.3 Å². The third-order valence-electron chi connectivity index (χ3n) is 6.84. The Bertz CT molecular complexity index is 1370. The molecule has 1 amide bonds. The Labute approximate surface area is 204 Å². The van der Waals surface area contributed by atoms with E-state index >= 15 is 0 Å². The second kappa shape index (κ2) is 9.71. The number of rotatable bonds is 7. The number of amides is 1. The molecule has 2 aromatic heterocycles. The van der Waals surface area contributed by atoms with Gasteiger partial charge in [0.15, 0.2) is 5.82 Å².